The molecule has 0 atom stereocenters. The third-order valence-electron chi connectivity index (χ3n) is 2.74. The zero-order chi connectivity index (χ0) is 11.7. The highest BCUT2D eigenvalue weighted by molar-refractivity contribution is 7.13. The van der Waals surface area contributed by atoms with Crippen LogP contribution in [0.5, 0.6) is 0 Å². The molecule has 0 saturated carbocycles. The van der Waals surface area contributed by atoms with Crippen LogP contribution in [0.15, 0.2) is 17.6 Å². The van der Waals surface area contributed by atoms with Gasteiger partial charge in [0.2, 0.25) is 0 Å². The Bertz CT molecular complexity index is 491. The summed E-state index contributed by atoms with van der Waals surface area (Å²) >= 11 is 1.67. The van der Waals surface area contributed by atoms with Crippen molar-refractivity contribution in [3.05, 3.63) is 40.0 Å². The van der Waals surface area contributed by atoms with Crippen molar-refractivity contribution in [2.75, 3.05) is 0 Å². The Morgan fingerprint density at radius 3 is 2.38 bits per heavy atom. The van der Waals surface area contributed by atoms with Crippen LogP contribution >= 0.6 is 11.3 Å². The minimum atomic E-state index is 0.506. The number of aryl methyl sites for hydroxylation is 3. The number of hydrogen-bond donors (Lipinski definition) is 1. The molecule has 0 bridgehead atoms. The summed E-state index contributed by atoms with van der Waals surface area (Å²) in [5, 5.41) is 0. The Morgan fingerprint density at radius 2 is 1.81 bits per heavy atom. The lowest BCUT2D eigenvalue weighted by molar-refractivity contribution is 1.01. The SMILES string of the molecule is Cc1cc(C)c(-c2scnc2CN)c(C)c1. The van der Waals surface area contributed by atoms with E-state index >= 15 is 0 Å². The van der Waals surface area contributed by atoms with Crippen LogP contribution < -0.4 is 5.73 Å². The topological polar surface area (TPSA) is 38.9 Å². The maximum Gasteiger partial charge on any atom is 0.0802 e. The molecule has 0 amide bonds. The van der Waals surface area contributed by atoms with Gasteiger partial charge in [-0.05, 0) is 37.5 Å². The van der Waals surface area contributed by atoms with Crippen LogP contribution in [-0.4, -0.2) is 4.98 Å². The standard InChI is InChI=1S/C13H16N2S/c1-8-4-9(2)12(10(3)5-8)13-11(6-14)15-7-16-13/h4-5,7H,6,14H2,1-3H3. The fourth-order valence-electron chi connectivity index (χ4n) is 2.16. The molecule has 0 radical (unpaired) electrons. The van der Waals surface area contributed by atoms with E-state index in [1.807, 2.05) is 5.51 Å². The maximum absolute atomic E-state index is 5.71. The smallest absolute Gasteiger partial charge is 0.0802 e. The molecule has 0 fully saturated rings. The lowest BCUT2D eigenvalue weighted by atomic mass is 9.98. The summed E-state index contributed by atoms with van der Waals surface area (Å²) in [5.74, 6) is 0. The molecular formula is C13H16N2S. The lowest BCUT2D eigenvalue weighted by Gasteiger charge is -2.10. The first-order valence-corrected chi connectivity index (χ1v) is 6.22. The molecule has 16 heavy (non-hydrogen) atoms. The van der Waals surface area contributed by atoms with E-state index in [0.29, 0.717) is 6.54 Å². The molecule has 0 aliphatic carbocycles. The monoisotopic (exact) mass is 232 g/mol. The number of aromatic nitrogens is 1. The Balaban J connectivity index is 2.64. The molecule has 0 unspecified atom stereocenters. The number of thiazole rings is 1. The van der Waals surface area contributed by atoms with E-state index in [0.717, 1.165) is 5.69 Å². The number of rotatable bonds is 2. The van der Waals surface area contributed by atoms with Crippen molar-refractivity contribution in [3.63, 3.8) is 0 Å². The molecule has 1 aromatic heterocycles. The van der Waals surface area contributed by atoms with E-state index in [4.69, 9.17) is 5.73 Å². The summed E-state index contributed by atoms with van der Waals surface area (Å²) in [6.07, 6.45) is 0. The van der Waals surface area contributed by atoms with Crippen LogP contribution in [0.1, 0.15) is 22.4 Å². The van der Waals surface area contributed by atoms with Crippen molar-refractivity contribution in [2.45, 2.75) is 27.3 Å². The quantitative estimate of drug-likeness (QED) is 0.863. The van der Waals surface area contributed by atoms with Gasteiger partial charge in [-0.25, -0.2) is 4.98 Å². The average molecular weight is 232 g/mol. The fourth-order valence-corrected chi connectivity index (χ4v) is 3.15. The molecule has 0 spiro atoms. The zero-order valence-electron chi connectivity index (χ0n) is 9.87. The Labute approximate surface area is 100 Å². The van der Waals surface area contributed by atoms with Crippen LogP contribution in [0.25, 0.3) is 10.4 Å². The molecule has 1 heterocycles. The minimum Gasteiger partial charge on any atom is -0.325 e. The highest BCUT2D eigenvalue weighted by Crippen LogP contribution is 2.33. The van der Waals surface area contributed by atoms with Crippen molar-refractivity contribution in [1.29, 1.82) is 0 Å². The fraction of sp³-hybridized carbons (Fsp3) is 0.308. The van der Waals surface area contributed by atoms with Gasteiger partial charge in [0.1, 0.15) is 0 Å². The van der Waals surface area contributed by atoms with Crippen molar-refractivity contribution >= 4 is 11.3 Å². The predicted octanol–water partition coefficient (Wildman–Crippen LogP) is 3.19. The molecule has 2 nitrogen and oxygen atoms in total. The van der Waals surface area contributed by atoms with Gasteiger partial charge in [-0.1, -0.05) is 17.7 Å². The number of nitrogens with two attached hydrogens (primary N) is 1. The van der Waals surface area contributed by atoms with Crippen molar-refractivity contribution < 1.29 is 0 Å². The highest BCUT2D eigenvalue weighted by atomic mass is 32.1. The molecule has 2 aromatic rings. The van der Waals surface area contributed by atoms with Gasteiger partial charge in [-0.3, -0.25) is 0 Å². The van der Waals surface area contributed by atoms with Crippen LogP contribution in [0.2, 0.25) is 0 Å². The second kappa shape index (κ2) is 4.36. The van der Waals surface area contributed by atoms with Crippen LogP contribution in [0.3, 0.4) is 0 Å². The minimum absolute atomic E-state index is 0.506. The molecule has 0 saturated heterocycles. The van der Waals surface area contributed by atoms with E-state index in [-0.39, 0.29) is 0 Å². The molecule has 2 N–H and O–H groups in total. The van der Waals surface area contributed by atoms with Crippen LogP contribution in [0.4, 0.5) is 0 Å². The lowest BCUT2D eigenvalue weighted by Crippen LogP contribution is -1.99. The van der Waals surface area contributed by atoms with Crippen molar-refractivity contribution in [3.8, 4) is 10.4 Å². The van der Waals surface area contributed by atoms with Gasteiger partial charge in [0, 0.05) is 6.54 Å². The van der Waals surface area contributed by atoms with E-state index in [1.165, 1.54) is 27.1 Å². The van der Waals surface area contributed by atoms with Gasteiger partial charge >= 0.3 is 0 Å². The molecule has 3 heteroatoms. The van der Waals surface area contributed by atoms with Crippen LogP contribution in [-0.2, 0) is 6.54 Å². The molecule has 0 aliphatic rings. The Morgan fingerprint density at radius 1 is 1.19 bits per heavy atom. The third kappa shape index (κ3) is 1.88. The van der Waals surface area contributed by atoms with Gasteiger partial charge in [-0.2, -0.15) is 0 Å². The normalized spacial score (nSPS) is 10.8. The summed E-state index contributed by atoms with van der Waals surface area (Å²) in [6, 6.07) is 4.42. The number of hydrogen-bond acceptors (Lipinski definition) is 3. The van der Waals surface area contributed by atoms with Gasteiger partial charge in [-0.15, -0.1) is 11.3 Å². The van der Waals surface area contributed by atoms with Crippen molar-refractivity contribution in [2.24, 2.45) is 5.73 Å². The first kappa shape index (κ1) is 11.3. The largest absolute Gasteiger partial charge is 0.325 e. The van der Waals surface area contributed by atoms with Gasteiger partial charge in [0.25, 0.3) is 0 Å². The van der Waals surface area contributed by atoms with E-state index in [9.17, 15) is 0 Å². The molecule has 2 rings (SSSR count). The summed E-state index contributed by atoms with van der Waals surface area (Å²) < 4.78 is 0. The molecule has 1 aromatic carbocycles. The van der Waals surface area contributed by atoms with Crippen LogP contribution in [0, 0.1) is 20.8 Å². The maximum atomic E-state index is 5.71. The summed E-state index contributed by atoms with van der Waals surface area (Å²) in [4.78, 5) is 5.53. The van der Waals surface area contributed by atoms with E-state index in [2.05, 4.69) is 37.9 Å². The van der Waals surface area contributed by atoms with Gasteiger partial charge in [0.05, 0.1) is 16.1 Å². The summed E-state index contributed by atoms with van der Waals surface area (Å²) in [5.41, 5.74) is 13.8. The zero-order valence-corrected chi connectivity index (χ0v) is 10.7. The van der Waals surface area contributed by atoms with Gasteiger partial charge in [0.15, 0.2) is 0 Å². The Hall–Kier alpha value is -1.19. The first-order valence-electron chi connectivity index (χ1n) is 5.34. The van der Waals surface area contributed by atoms with E-state index in [1.54, 1.807) is 11.3 Å². The molecule has 84 valence electrons. The summed E-state index contributed by atoms with van der Waals surface area (Å²) in [6.45, 7) is 6.93. The van der Waals surface area contributed by atoms with Gasteiger partial charge < -0.3 is 5.73 Å². The van der Waals surface area contributed by atoms with E-state index < -0.39 is 0 Å². The second-order valence-corrected chi connectivity index (χ2v) is 4.96. The first-order chi connectivity index (χ1) is 7.63. The highest BCUT2D eigenvalue weighted by Gasteiger charge is 2.12. The number of nitrogens with zero attached hydrogens (tertiary/aromatic N) is 1. The second-order valence-electron chi connectivity index (χ2n) is 4.11. The number of benzene rings is 1. The predicted molar refractivity (Wildman–Crippen MR) is 69.7 cm³/mol. The molecule has 0 aliphatic heterocycles. The average Bonchev–Trinajstić information content (AvgIpc) is 2.64. The summed E-state index contributed by atoms with van der Waals surface area (Å²) in [7, 11) is 0. The third-order valence-corrected chi connectivity index (χ3v) is 3.62. The Kier molecular flexibility index (Phi) is 3.08. The molecular weight excluding hydrogens is 216 g/mol. The van der Waals surface area contributed by atoms with Crippen molar-refractivity contribution in [1.82, 2.24) is 4.98 Å².